The van der Waals surface area contributed by atoms with Crippen molar-refractivity contribution in [2.24, 2.45) is 0 Å². The molecular weight excluding hydrogens is 1810 g/mol. The molecule has 6 nitrogen and oxygen atoms in total. The highest BCUT2D eigenvalue weighted by Crippen LogP contribution is 2.50. The maximum Gasteiger partial charge on any atom is 0.0618 e. The molecule has 0 spiro atoms. The zero-order valence-electron chi connectivity index (χ0n) is 82.1. The molecule has 30 rings (SSSR count). The molecule has 0 amide bonds. The fraction of sp³-hybridized carbons (Fsp3) is 0. The van der Waals surface area contributed by atoms with Crippen LogP contribution in [0.3, 0.4) is 0 Å². The Bertz CT molecular complexity index is 10300. The molecule has 0 aliphatic heterocycles. The molecule has 702 valence electrons. The normalized spacial score (nSPS) is 11.6. The van der Waals surface area contributed by atoms with Crippen LogP contribution >= 0.6 is 0 Å². The standard InChI is InChI=1S/3C48H32N2/c1-4-16-33(17-5-1)38-25-14-26-39(34-18-6-2-7-19-34)48(38)50-43-27-12-10-22-40(43)41-31-30-35(32-46(41)50)37-24-15-29-45-47(37)42-23-11-13-28-44(42)49(45)36-20-8-3-9-21-36;1-4-15-33(16-5-1)38-30-28-37(32-43(38)34-17-6-2-7-18-34)50-44-24-12-10-21-40(44)41-29-27-35(31-47(41)50)39-23-14-26-46-48(39)42-22-11-13-25-45(42)49(46)36-19-8-3-9-20-36;1-4-15-33(16-5-1)36-29-37(34-17-6-2-7-18-34)31-39(30-36)50-44-24-12-10-21-41(44)42-28-27-35(32-47(42)50)40-23-14-26-46-48(40)43-22-11-13-25-45(43)49(46)38-19-8-3-9-20-38/h3*1-32H. The van der Waals surface area contributed by atoms with Gasteiger partial charge in [-0.3, -0.25) is 0 Å². The van der Waals surface area contributed by atoms with Crippen LogP contribution < -0.4 is 0 Å². The van der Waals surface area contributed by atoms with E-state index in [4.69, 9.17) is 0 Å². The predicted molar refractivity (Wildman–Crippen MR) is 634 cm³/mol. The van der Waals surface area contributed by atoms with Gasteiger partial charge in [0.05, 0.1) is 71.9 Å². The van der Waals surface area contributed by atoms with Gasteiger partial charge in [-0.2, -0.15) is 0 Å². The number of hydrogen-bond acceptors (Lipinski definition) is 0. The molecule has 6 heterocycles. The number of para-hydroxylation sites is 10. The van der Waals surface area contributed by atoms with Gasteiger partial charge >= 0.3 is 0 Å². The van der Waals surface area contributed by atoms with Gasteiger partial charge in [-0.05, 0) is 229 Å². The Kier molecular flexibility index (Phi) is 21.9. The largest absolute Gasteiger partial charge is 0.309 e. The molecule has 6 heteroatoms. The summed E-state index contributed by atoms with van der Waals surface area (Å²) in [5, 5.41) is 15.1. The van der Waals surface area contributed by atoms with Crippen molar-refractivity contribution in [1.29, 1.82) is 0 Å². The second-order valence-electron chi connectivity index (χ2n) is 38.8. The van der Waals surface area contributed by atoms with Crippen molar-refractivity contribution >= 4 is 131 Å². The molecule has 0 atom stereocenters. The average molecular weight is 1910 g/mol. The zero-order valence-corrected chi connectivity index (χ0v) is 82.1. The van der Waals surface area contributed by atoms with E-state index in [1.165, 1.54) is 248 Å². The molecule has 0 aliphatic rings. The molecule has 0 unspecified atom stereocenters. The van der Waals surface area contributed by atoms with Crippen LogP contribution in [0.4, 0.5) is 0 Å². The van der Waals surface area contributed by atoms with Gasteiger partial charge in [0.2, 0.25) is 0 Å². The average Bonchev–Trinajstić information content (AvgIpc) is 1.57. The summed E-state index contributed by atoms with van der Waals surface area (Å²) in [5.74, 6) is 0. The molecule has 0 saturated carbocycles. The highest BCUT2D eigenvalue weighted by Gasteiger charge is 2.27. The molecule has 6 aromatic heterocycles. The van der Waals surface area contributed by atoms with E-state index in [0.717, 1.165) is 17.1 Å². The third-order valence-corrected chi connectivity index (χ3v) is 30.3. The Morgan fingerprint density at radius 2 is 0.333 bits per heavy atom. The van der Waals surface area contributed by atoms with Crippen molar-refractivity contribution in [3.05, 3.63) is 582 Å². The highest BCUT2D eigenvalue weighted by molar-refractivity contribution is 6.22. The monoisotopic (exact) mass is 1910 g/mol. The molecule has 0 fully saturated rings. The smallest absolute Gasteiger partial charge is 0.0618 e. The Morgan fingerprint density at radius 3 is 0.680 bits per heavy atom. The topological polar surface area (TPSA) is 29.6 Å². The Hall–Kier alpha value is -19.9. The summed E-state index contributed by atoms with van der Waals surface area (Å²) < 4.78 is 14.6. The first kappa shape index (κ1) is 87.8. The minimum Gasteiger partial charge on any atom is -0.309 e. The third kappa shape index (κ3) is 15.1. The molecule has 0 radical (unpaired) electrons. The molecule has 30 aromatic rings. The summed E-state index contributed by atoms with van der Waals surface area (Å²) in [6, 6.07) is 211. The molecule has 0 saturated heterocycles. The lowest BCUT2D eigenvalue weighted by Gasteiger charge is -2.19. The summed E-state index contributed by atoms with van der Waals surface area (Å²) in [7, 11) is 0. The van der Waals surface area contributed by atoms with Crippen LogP contribution in [0.1, 0.15) is 0 Å². The quantitative estimate of drug-likeness (QED) is 0.0979. The highest BCUT2D eigenvalue weighted by atomic mass is 15.0. The zero-order chi connectivity index (χ0) is 99.1. The summed E-state index contributed by atoms with van der Waals surface area (Å²) in [5.41, 5.74) is 43.1. The minimum atomic E-state index is 1.14. The van der Waals surface area contributed by atoms with E-state index >= 15 is 0 Å². The number of benzene rings is 24. The van der Waals surface area contributed by atoms with Crippen molar-refractivity contribution in [1.82, 2.24) is 27.4 Å². The van der Waals surface area contributed by atoms with Gasteiger partial charge in [0.15, 0.2) is 0 Å². The van der Waals surface area contributed by atoms with E-state index in [1.807, 2.05) is 0 Å². The molecule has 0 N–H and O–H groups in total. The number of hydrogen-bond donors (Lipinski definition) is 0. The SMILES string of the molecule is c1ccc(-c2cc(-c3ccccc3)cc(-n3c4ccccc4c4ccc(-c5cccc6c5c5ccccc5n6-c5ccccc5)cc43)c2)cc1.c1ccc(-c2ccc(-n3c4ccccc4c4ccc(-c5cccc6c5c5ccccc5n6-c5ccccc5)cc43)cc2-c2ccccc2)cc1.c1ccc(-c2cccc(-c3ccccc3)c2-n2c3ccccc3c3ccc(-c4cccc5c4c4ccccc4n5-c4ccccc4)cc32)cc1. The Morgan fingerprint density at radius 1 is 0.0933 bits per heavy atom. The number of nitrogens with zero attached hydrogens (tertiary/aromatic N) is 6. The molecule has 0 aliphatic carbocycles. The number of fused-ring (bicyclic) bond motifs is 18. The van der Waals surface area contributed by atoms with Crippen LogP contribution in [0.5, 0.6) is 0 Å². The van der Waals surface area contributed by atoms with Gasteiger partial charge in [0, 0.05) is 104 Å². The van der Waals surface area contributed by atoms with Crippen molar-refractivity contribution in [2.75, 3.05) is 0 Å². The van der Waals surface area contributed by atoms with Gasteiger partial charge in [-0.15, -0.1) is 0 Å². The summed E-state index contributed by atoms with van der Waals surface area (Å²) in [6.45, 7) is 0. The van der Waals surface area contributed by atoms with Crippen LogP contribution in [0.25, 0.3) is 265 Å². The number of aromatic nitrogens is 6. The van der Waals surface area contributed by atoms with E-state index in [0.29, 0.717) is 0 Å². The number of rotatable bonds is 15. The van der Waals surface area contributed by atoms with Gasteiger partial charge < -0.3 is 27.4 Å². The van der Waals surface area contributed by atoms with Crippen molar-refractivity contribution < 1.29 is 0 Å². The van der Waals surface area contributed by atoms with E-state index in [2.05, 4.69) is 610 Å². The first-order valence-electron chi connectivity index (χ1n) is 51.6. The van der Waals surface area contributed by atoms with Crippen molar-refractivity contribution in [3.63, 3.8) is 0 Å². The van der Waals surface area contributed by atoms with E-state index in [9.17, 15) is 0 Å². The van der Waals surface area contributed by atoms with Gasteiger partial charge in [0.25, 0.3) is 0 Å². The molecule has 24 aromatic carbocycles. The lowest BCUT2D eigenvalue weighted by atomic mass is 9.94. The lowest BCUT2D eigenvalue weighted by molar-refractivity contribution is 1.18. The summed E-state index contributed by atoms with van der Waals surface area (Å²) in [4.78, 5) is 0. The summed E-state index contributed by atoms with van der Waals surface area (Å²) >= 11 is 0. The fourth-order valence-electron chi connectivity index (χ4n) is 23.8. The van der Waals surface area contributed by atoms with Crippen LogP contribution in [0.2, 0.25) is 0 Å². The van der Waals surface area contributed by atoms with E-state index in [1.54, 1.807) is 0 Å². The van der Waals surface area contributed by atoms with Crippen LogP contribution in [0.15, 0.2) is 582 Å². The van der Waals surface area contributed by atoms with E-state index < -0.39 is 0 Å². The minimum absolute atomic E-state index is 1.14. The fourth-order valence-corrected chi connectivity index (χ4v) is 23.8. The van der Waals surface area contributed by atoms with Gasteiger partial charge in [-0.25, -0.2) is 0 Å². The predicted octanol–water partition coefficient (Wildman–Crippen LogP) is 38.6. The van der Waals surface area contributed by atoms with E-state index in [-0.39, 0.29) is 0 Å². The first-order chi connectivity index (χ1) is 74.5. The summed E-state index contributed by atoms with van der Waals surface area (Å²) in [6.07, 6.45) is 0. The third-order valence-electron chi connectivity index (χ3n) is 30.3. The maximum atomic E-state index is 2.51. The second kappa shape index (κ2) is 37.4. The van der Waals surface area contributed by atoms with Crippen molar-refractivity contribution in [3.8, 4) is 134 Å². The van der Waals surface area contributed by atoms with Crippen LogP contribution in [-0.4, -0.2) is 27.4 Å². The van der Waals surface area contributed by atoms with Crippen molar-refractivity contribution in [2.45, 2.75) is 0 Å². The lowest BCUT2D eigenvalue weighted by Crippen LogP contribution is -2.00. The van der Waals surface area contributed by atoms with Gasteiger partial charge in [0.1, 0.15) is 0 Å². The van der Waals surface area contributed by atoms with Crippen LogP contribution in [-0.2, 0) is 0 Å². The first-order valence-corrected chi connectivity index (χ1v) is 51.6. The van der Waals surface area contributed by atoms with Crippen LogP contribution in [0, 0.1) is 0 Å². The molecule has 0 bridgehead atoms. The Balaban J connectivity index is 0.000000108. The second-order valence-corrected chi connectivity index (χ2v) is 38.8. The van der Waals surface area contributed by atoms with Gasteiger partial charge in [-0.1, -0.05) is 443 Å². The molecule has 150 heavy (non-hydrogen) atoms. The molecular formula is C144H96N6. The maximum absolute atomic E-state index is 2.51. The Labute approximate surface area is 868 Å².